The highest BCUT2D eigenvalue weighted by atomic mass is 19.3. The van der Waals surface area contributed by atoms with E-state index in [4.69, 9.17) is 9.47 Å². The molecule has 15 heteroatoms. The van der Waals surface area contributed by atoms with Crippen LogP contribution in [0.5, 0.6) is 11.5 Å². The standard InChI is InChI=1S/C30H26F2N2O11/c1-13-5-8-19(34-28(41)29(9-10-29)16-6-7-17-18(12-16)45-30(31,32)44-17)33-20(13)14-3-2-4-15(11-14)26(40)43-27-23(37)21(35)22(36)24(42-27)25(38)39/h2-8,11-12,21-24,27,35-37H,9-10H2,1H3,(H,38,39)(H,33,34,41)/t21-,22-,23+,24-,27-/m0/s1. The van der Waals surface area contributed by atoms with Gasteiger partial charge in [0.1, 0.15) is 24.1 Å². The van der Waals surface area contributed by atoms with Gasteiger partial charge in [0, 0.05) is 5.56 Å². The third-order valence-electron chi connectivity index (χ3n) is 7.88. The van der Waals surface area contributed by atoms with E-state index >= 15 is 0 Å². The molecule has 1 saturated carbocycles. The van der Waals surface area contributed by atoms with Gasteiger partial charge in [0.05, 0.1) is 16.7 Å². The minimum Gasteiger partial charge on any atom is -0.479 e. The van der Waals surface area contributed by atoms with E-state index in [0.717, 1.165) is 0 Å². The number of anilines is 1. The van der Waals surface area contributed by atoms with E-state index in [2.05, 4.69) is 19.8 Å². The number of hydrogen-bond acceptors (Lipinski definition) is 11. The summed E-state index contributed by atoms with van der Waals surface area (Å²) in [6.07, 6.45) is -12.5. The molecule has 45 heavy (non-hydrogen) atoms. The van der Waals surface area contributed by atoms with Crippen LogP contribution in [0.4, 0.5) is 14.6 Å². The van der Waals surface area contributed by atoms with Gasteiger partial charge in [-0.2, -0.15) is 0 Å². The highest BCUT2D eigenvalue weighted by Crippen LogP contribution is 2.52. The number of aromatic nitrogens is 1. The monoisotopic (exact) mass is 628 g/mol. The molecule has 6 rings (SSSR count). The number of nitrogens with one attached hydrogen (secondary N) is 1. The number of benzene rings is 2. The number of carbonyl (C=O) groups excluding carboxylic acids is 2. The van der Waals surface area contributed by atoms with E-state index in [1.807, 2.05) is 0 Å². The van der Waals surface area contributed by atoms with Gasteiger partial charge < -0.3 is 44.7 Å². The van der Waals surface area contributed by atoms with Crippen molar-refractivity contribution in [1.82, 2.24) is 4.98 Å². The van der Waals surface area contributed by atoms with Crippen molar-refractivity contribution in [2.45, 2.75) is 62.2 Å². The number of carbonyl (C=O) groups is 3. The lowest BCUT2D eigenvalue weighted by Crippen LogP contribution is -2.60. The number of aliphatic carboxylic acids is 1. The molecule has 3 heterocycles. The Balaban J connectivity index is 1.18. The van der Waals surface area contributed by atoms with Gasteiger partial charge in [-0.25, -0.2) is 14.6 Å². The molecular formula is C30H26F2N2O11. The van der Waals surface area contributed by atoms with Crippen molar-refractivity contribution in [3.63, 3.8) is 0 Å². The molecule has 2 aromatic carbocycles. The molecule has 2 fully saturated rings. The number of ether oxygens (including phenoxy) is 4. The van der Waals surface area contributed by atoms with E-state index in [1.54, 1.807) is 25.1 Å². The number of alkyl halides is 2. The topological polar surface area (TPSA) is 194 Å². The fraction of sp³-hybridized carbons (Fsp3) is 0.333. The Kier molecular flexibility index (Phi) is 7.43. The molecule has 236 valence electrons. The lowest BCUT2D eigenvalue weighted by molar-refractivity contribution is -0.286. The zero-order chi connectivity index (χ0) is 32.3. The zero-order valence-corrected chi connectivity index (χ0v) is 23.3. The number of aliphatic hydroxyl groups is 3. The lowest BCUT2D eigenvalue weighted by Gasteiger charge is -2.37. The second kappa shape index (κ2) is 11.0. The van der Waals surface area contributed by atoms with Crippen molar-refractivity contribution in [2.75, 3.05) is 5.32 Å². The fourth-order valence-electron chi connectivity index (χ4n) is 5.26. The molecule has 3 aromatic rings. The number of fused-ring (bicyclic) bond motifs is 1. The second-order valence-electron chi connectivity index (χ2n) is 10.9. The summed E-state index contributed by atoms with van der Waals surface area (Å²) in [5.41, 5.74) is 1.01. The van der Waals surface area contributed by atoms with Gasteiger partial charge in [-0.1, -0.05) is 24.3 Å². The van der Waals surface area contributed by atoms with Crippen LogP contribution in [-0.4, -0.2) is 80.3 Å². The normalized spacial score (nSPS) is 25.7. The molecule has 5 N–H and O–H groups in total. The van der Waals surface area contributed by atoms with Crippen LogP contribution in [0.25, 0.3) is 11.3 Å². The second-order valence-corrected chi connectivity index (χ2v) is 10.9. The molecule has 0 bridgehead atoms. The Morgan fingerprint density at radius 3 is 2.40 bits per heavy atom. The van der Waals surface area contributed by atoms with E-state index in [9.17, 15) is 43.6 Å². The van der Waals surface area contributed by atoms with E-state index in [-0.39, 0.29) is 22.9 Å². The first kappa shape index (κ1) is 30.3. The number of rotatable bonds is 7. The van der Waals surface area contributed by atoms with Gasteiger partial charge in [0.15, 0.2) is 17.6 Å². The summed E-state index contributed by atoms with van der Waals surface area (Å²) in [5, 5.41) is 42.0. The number of aliphatic hydroxyl groups excluding tert-OH is 3. The molecule has 1 aromatic heterocycles. The third kappa shape index (κ3) is 5.66. The zero-order valence-electron chi connectivity index (χ0n) is 23.3. The summed E-state index contributed by atoms with van der Waals surface area (Å²) in [5.74, 6) is -3.14. The minimum atomic E-state index is -3.78. The summed E-state index contributed by atoms with van der Waals surface area (Å²) in [4.78, 5) is 42.2. The summed E-state index contributed by atoms with van der Waals surface area (Å²) in [6, 6.07) is 13.5. The highest BCUT2D eigenvalue weighted by molar-refractivity contribution is 6.01. The van der Waals surface area contributed by atoms with E-state index < -0.39 is 60.3 Å². The number of nitrogens with zero attached hydrogens (tertiary/aromatic N) is 1. The van der Waals surface area contributed by atoms with Crippen molar-refractivity contribution >= 4 is 23.7 Å². The lowest BCUT2D eigenvalue weighted by atomic mass is 9.94. The molecule has 1 aliphatic carbocycles. The molecule has 1 saturated heterocycles. The van der Waals surface area contributed by atoms with Crippen molar-refractivity contribution < 1.29 is 62.5 Å². The number of pyridine rings is 1. The number of carboxylic acids is 1. The van der Waals surface area contributed by atoms with Crippen molar-refractivity contribution in [3.05, 3.63) is 71.3 Å². The van der Waals surface area contributed by atoms with Crippen molar-refractivity contribution in [1.29, 1.82) is 0 Å². The van der Waals surface area contributed by atoms with Crippen LogP contribution in [0.1, 0.15) is 34.3 Å². The van der Waals surface area contributed by atoms with Gasteiger partial charge in [0.2, 0.25) is 12.2 Å². The summed E-state index contributed by atoms with van der Waals surface area (Å²) in [6.45, 7) is 1.76. The minimum absolute atomic E-state index is 0.0308. The Hall–Kier alpha value is -4.70. The summed E-state index contributed by atoms with van der Waals surface area (Å²) >= 11 is 0. The third-order valence-corrected chi connectivity index (χ3v) is 7.88. The molecule has 5 atom stereocenters. The van der Waals surface area contributed by atoms with Crippen LogP contribution in [-0.2, 0) is 24.5 Å². The molecule has 0 spiro atoms. The smallest absolute Gasteiger partial charge is 0.479 e. The number of amides is 1. The Labute approximate surface area is 252 Å². The van der Waals surface area contributed by atoms with Gasteiger partial charge in [-0.3, -0.25) is 4.79 Å². The maximum absolute atomic E-state index is 13.5. The molecular weight excluding hydrogens is 602 g/mol. The van der Waals surface area contributed by atoms with Crippen molar-refractivity contribution in [3.8, 4) is 22.8 Å². The summed E-state index contributed by atoms with van der Waals surface area (Å²) in [7, 11) is 0. The molecule has 0 radical (unpaired) electrons. The van der Waals surface area contributed by atoms with Crippen LogP contribution < -0.4 is 14.8 Å². The van der Waals surface area contributed by atoms with Crippen molar-refractivity contribution in [2.24, 2.45) is 0 Å². The first-order chi connectivity index (χ1) is 21.3. The Morgan fingerprint density at radius 1 is 0.956 bits per heavy atom. The van der Waals surface area contributed by atoms with Crippen LogP contribution in [0.2, 0.25) is 0 Å². The quantitative estimate of drug-likeness (QED) is 0.240. The number of hydrogen-bond donors (Lipinski definition) is 5. The summed E-state index contributed by atoms with van der Waals surface area (Å²) < 4.78 is 46.1. The van der Waals surface area contributed by atoms with Crippen LogP contribution >= 0.6 is 0 Å². The van der Waals surface area contributed by atoms with Crippen LogP contribution in [0, 0.1) is 6.92 Å². The maximum Gasteiger partial charge on any atom is 0.586 e. The molecule has 3 aliphatic rings. The molecule has 1 amide bonds. The van der Waals surface area contributed by atoms with E-state index in [0.29, 0.717) is 35.2 Å². The van der Waals surface area contributed by atoms with Gasteiger partial charge in [-0.05, 0) is 61.2 Å². The first-order valence-electron chi connectivity index (χ1n) is 13.7. The number of aryl methyl sites for hydroxylation is 1. The van der Waals surface area contributed by atoms with Gasteiger partial charge >= 0.3 is 18.2 Å². The fourth-order valence-corrected chi connectivity index (χ4v) is 5.26. The number of esters is 1. The first-order valence-corrected chi connectivity index (χ1v) is 13.7. The SMILES string of the molecule is Cc1ccc(NC(=O)C2(c3ccc4c(c3)OC(F)(F)O4)CC2)nc1-c1cccc(C(=O)O[C@@H]2O[C@H](C(=O)O)[C@@H](O)[C@H](O)[C@H]2O)c1. The predicted octanol–water partition coefficient (Wildman–Crippen LogP) is 2.10. The van der Waals surface area contributed by atoms with Gasteiger partial charge in [0.25, 0.3) is 0 Å². The highest BCUT2D eigenvalue weighted by Gasteiger charge is 2.53. The largest absolute Gasteiger partial charge is 0.586 e. The Morgan fingerprint density at radius 2 is 1.69 bits per heavy atom. The predicted molar refractivity (Wildman–Crippen MR) is 146 cm³/mol. The van der Waals surface area contributed by atoms with Crippen LogP contribution in [0.15, 0.2) is 54.6 Å². The average molecular weight is 629 g/mol. The molecule has 2 aliphatic heterocycles. The number of halogens is 2. The van der Waals surface area contributed by atoms with Crippen LogP contribution in [0.3, 0.4) is 0 Å². The number of carboxylic acid groups (broad SMARTS) is 1. The molecule has 0 unspecified atom stereocenters. The maximum atomic E-state index is 13.5. The Bertz CT molecular complexity index is 1700. The van der Waals surface area contributed by atoms with Gasteiger partial charge in [-0.15, -0.1) is 8.78 Å². The average Bonchev–Trinajstić information content (AvgIpc) is 3.75. The molecule has 13 nitrogen and oxygen atoms in total. The van der Waals surface area contributed by atoms with E-state index in [1.165, 1.54) is 36.4 Å².